The molecule has 2 aliphatic heterocycles. The molecule has 7 heteroatoms. The maximum absolute atomic E-state index is 14.4. The van der Waals surface area contributed by atoms with Gasteiger partial charge in [-0.1, -0.05) is 121 Å². The summed E-state index contributed by atoms with van der Waals surface area (Å²) in [5.74, 6) is -0.281. The molecule has 0 aromatic heterocycles. The smallest absolute Gasteiger partial charge is 0.406 e. The largest absolute Gasteiger partial charge is 0.573 e. The van der Waals surface area contributed by atoms with E-state index in [4.69, 9.17) is 4.74 Å². The van der Waals surface area contributed by atoms with Gasteiger partial charge in [-0.3, -0.25) is 0 Å². The van der Waals surface area contributed by atoms with Crippen LogP contribution in [0.2, 0.25) is 0 Å². The van der Waals surface area contributed by atoms with Crippen LogP contribution in [0.5, 0.6) is 5.75 Å². The average molecular weight is 785 g/mol. The van der Waals surface area contributed by atoms with E-state index in [1.807, 2.05) is 86.6 Å². The van der Waals surface area contributed by atoms with Crippen LogP contribution in [0.3, 0.4) is 0 Å². The van der Waals surface area contributed by atoms with Crippen LogP contribution in [0.4, 0.5) is 47.3 Å². The Kier molecular flexibility index (Phi) is 8.18. The Morgan fingerprint density at radius 1 is 0.417 bits per heavy atom. The van der Waals surface area contributed by atoms with Gasteiger partial charge in [0.25, 0.3) is 6.71 Å². The first-order valence-electron chi connectivity index (χ1n) is 20.1. The molecule has 60 heavy (non-hydrogen) atoms. The minimum absolute atomic E-state index is 0.281. The van der Waals surface area contributed by atoms with Gasteiger partial charge in [-0.2, -0.15) is 0 Å². The van der Waals surface area contributed by atoms with Crippen molar-refractivity contribution in [3.05, 3.63) is 193 Å². The third-order valence-electron chi connectivity index (χ3n) is 11.9. The highest BCUT2D eigenvalue weighted by Crippen LogP contribution is 2.48. The molecular weight excluding hydrogens is 748 g/mol. The molecular formula is C53H36BF3N2O. The molecule has 3 nitrogen and oxygen atoms in total. The van der Waals surface area contributed by atoms with Gasteiger partial charge >= 0.3 is 6.36 Å². The second-order valence-corrected chi connectivity index (χ2v) is 15.9. The Bertz CT molecular complexity index is 2960. The van der Waals surface area contributed by atoms with Crippen molar-refractivity contribution in [3.8, 4) is 28.0 Å². The summed E-state index contributed by atoms with van der Waals surface area (Å²) in [6.07, 6.45) is -4.91. The van der Waals surface area contributed by atoms with Gasteiger partial charge in [0, 0.05) is 46.3 Å². The lowest BCUT2D eigenvalue weighted by atomic mass is 9.33. The minimum atomic E-state index is -4.91. The van der Waals surface area contributed by atoms with Crippen molar-refractivity contribution in [2.75, 3.05) is 9.80 Å². The number of halogens is 3. The van der Waals surface area contributed by atoms with Gasteiger partial charge in [0.2, 0.25) is 0 Å². The van der Waals surface area contributed by atoms with Gasteiger partial charge < -0.3 is 14.5 Å². The highest BCUT2D eigenvalue weighted by Gasteiger charge is 2.45. The fourth-order valence-electron chi connectivity index (χ4n) is 9.36. The van der Waals surface area contributed by atoms with E-state index in [-0.39, 0.29) is 12.5 Å². The molecule has 288 valence electrons. The van der Waals surface area contributed by atoms with E-state index in [0.717, 1.165) is 94.1 Å². The fourth-order valence-corrected chi connectivity index (χ4v) is 9.36. The molecule has 0 amide bonds. The number of fused-ring (bicyclic) bond motifs is 6. The first kappa shape index (κ1) is 35.9. The number of ether oxygens (including phenoxy) is 1. The van der Waals surface area contributed by atoms with Crippen LogP contribution >= 0.6 is 0 Å². The Morgan fingerprint density at radius 2 is 0.883 bits per heavy atom. The van der Waals surface area contributed by atoms with E-state index in [0.29, 0.717) is 11.4 Å². The molecule has 0 spiro atoms. The zero-order valence-electron chi connectivity index (χ0n) is 32.8. The summed E-state index contributed by atoms with van der Waals surface area (Å²) in [7, 11) is 0. The van der Waals surface area contributed by atoms with Crippen molar-refractivity contribution in [3.63, 3.8) is 0 Å². The third kappa shape index (κ3) is 6.08. The Hall–Kier alpha value is -7.25. The molecule has 2 heterocycles. The van der Waals surface area contributed by atoms with Crippen LogP contribution in [0.25, 0.3) is 43.8 Å². The van der Waals surface area contributed by atoms with E-state index in [1.165, 1.54) is 0 Å². The fraction of sp³-hybridized carbons (Fsp3) is 0.0566. The predicted octanol–water partition coefficient (Wildman–Crippen LogP) is 12.9. The van der Waals surface area contributed by atoms with E-state index < -0.39 is 6.36 Å². The molecule has 0 saturated heterocycles. The van der Waals surface area contributed by atoms with Crippen molar-refractivity contribution < 1.29 is 17.9 Å². The number of hydrogen-bond donors (Lipinski definition) is 0. The molecule has 9 aromatic carbocycles. The standard InChI is InChI=1S/C53H36BF3N2O/c1-33-11-9-17-43(23-33)58-48-29-41-25-37(35-13-5-3-6-14-35)19-21-39(41)27-46(48)54-47-28-40-22-20-38(36-15-7-4-8-16-36)26-42(40)30-49(47)59(44-18-10-12-34(2)24-44)51-32-45(60-53(55,56)57)31-50(58)52(51)54/h3-32H,1-2H3. The Labute approximate surface area is 346 Å². The summed E-state index contributed by atoms with van der Waals surface area (Å²) in [5, 5.41) is 4.22. The topological polar surface area (TPSA) is 15.7 Å². The lowest BCUT2D eigenvalue weighted by Crippen LogP contribution is -2.61. The van der Waals surface area contributed by atoms with Gasteiger partial charge in [0.05, 0.1) is 0 Å². The van der Waals surface area contributed by atoms with Crippen molar-refractivity contribution in [1.29, 1.82) is 0 Å². The summed E-state index contributed by atoms with van der Waals surface area (Å²) in [6, 6.07) is 62.1. The summed E-state index contributed by atoms with van der Waals surface area (Å²) < 4.78 is 48.0. The molecule has 0 unspecified atom stereocenters. The molecule has 9 aromatic rings. The number of nitrogens with zero attached hydrogens (tertiary/aromatic N) is 2. The number of benzene rings is 9. The van der Waals surface area contributed by atoms with Crippen molar-refractivity contribution in [2.45, 2.75) is 20.2 Å². The van der Waals surface area contributed by atoms with E-state index in [9.17, 15) is 13.2 Å². The SMILES string of the molecule is Cc1cccc(N2c3cc4cc(-c5ccccc5)ccc4cc3B3c4cc5ccc(-c6ccccc6)cc5cc4N(c4cccc(C)c4)c4cc(OC(F)(F)F)cc2c43)c1. The highest BCUT2D eigenvalue weighted by molar-refractivity contribution is 7.00. The van der Waals surface area contributed by atoms with Gasteiger partial charge in [-0.05, 0) is 134 Å². The summed E-state index contributed by atoms with van der Waals surface area (Å²) in [5.41, 5.74) is 14.3. The first-order chi connectivity index (χ1) is 29.1. The molecule has 2 aliphatic rings. The quantitative estimate of drug-likeness (QED) is 0.162. The second-order valence-electron chi connectivity index (χ2n) is 15.9. The van der Waals surface area contributed by atoms with Gasteiger partial charge in [-0.25, -0.2) is 0 Å². The molecule has 0 saturated carbocycles. The molecule has 0 fully saturated rings. The van der Waals surface area contributed by atoms with Crippen molar-refractivity contribution in [2.24, 2.45) is 0 Å². The number of aryl methyl sites for hydroxylation is 2. The molecule has 0 N–H and O–H groups in total. The molecule has 0 atom stereocenters. The molecule has 0 radical (unpaired) electrons. The molecule has 0 aliphatic carbocycles. The van der Waals surface area contributed by atoms with Gasteiger partial charge in [-0.15, -0.1) is 13.2 Å². The zero-order chi connectivity index (χ0) is 40.7. The maximum Gasteiger partial charge on any atom is 0.573 e. The lowest BCUT2D eigenvalue weighted by Gasteiger charge is -2.44. The summed E-state index contributed by atoms with van der Waals surface area (Å²) in [6.45, 7) is 3.75. The Morgan fingerprint density at radius 3 is 1.32 bits per heavy atom. The van der Waals surface area contributed by atoms with Gasteiger partial charge in [0.1, 0.15) is 5.75 Å². The van der Waals surface area contributed by atoms with Gasteiger partial charge in [0.15, 0.2) is 0 Å². The van der Waals surface area contributed by atoms with Crippen molar-refractivity contribution >= 4 is 78.8 Å². The maximum atomic E-state index is 14.4. The summed E-state index contributed by atoms with van der Waals surface area (Å²) in [4.78, 5) is 4.25. The number of rotatable bonds is 5. The molecule has 11 rings (SSSR count). The average Bonchev–Trinajstić information content (AvgIpc) is 3.24. The molecule has 0 bridgehead atoms. The normalized spacial score (nSPS) is 13.0. The van der Waals surface area contributed by atoms with E-state index in [2.05, 4.69) is 107 Å². The number of hydrogen-bond acceptors (Lipinski definition) is 3. The zero-order valence-corrected chi connectivity index (χ0v) is 32.8. The predicted molar refractivity (Wildman–Crippen MR) is 243 cm³/mol. The van der Waals surface area contributed by atoms with Crippen LogP contribution in [0.1, 0.15) is 11.1 Å². The van der Waals surface area contributed by atoms with Crippen LogP contribution < -0.4 is 30.9 Å². The third-order valence-corrected chi connectivity index (χ3v) is 11.9. The minimum Gasteiger partial charge on any atom is -0.406 e. The van der Waals surface area contributed by atoms with Crippen LogP contribution in [0, 0.1) is 13.8 Å². The first-order valence-corrected chi connectivity index (χ1v) is 20.1. The summed E-state index contributed by atoms with van der Waals surface area (Å²) >= 11 is 0. The highest BCUT2D eigenvalue weighted by atomic mass is 19.4. The van der Waals surface area contributed by atoms with E-state index in [1.54, 1.807) is 12.1 Å². The van der Waals surface area contributed by atoms with E-state index >= 15 is 0 Å². The van der Waals surface area contributed by atoms with Crippen LogP contribution in [0.15, 0.2) is 182 Å². The van der Waals surface area contributed by atoms with Crippen LogP contribution in [-0.4, -0.2) is 13.1 Å². The Balaban J connectivity index is 1.24. The number of alkyl halides is 3. The monoisotopic (exact) mass is 784 g/mol. The van der Waals surface area contributed by atoms with Crippen molar-refractivity contribution in [1.82, 2.24) is 0 Å². The lowest BCUT2D eigenvalue weighted by molar-refractivity contribution is -0.274. The van der Waals surface area contributed by atoms with Crippen LogP contribution in [-0.2, 0) is 0 Å². The number of anilines is 6. The second kappa shape index (κ2) is 13.7.